The Morgan fingerprint density at radius 1 is 1.37 bits per heavy atom. The van der Waals surface area contributed by atoms with Crippen molar-refractivity contribution in [2.24, 2.45) is 0 Å². The number of imidazole rings is 1. The van der Waals surface area contributed by atoms with Gasteiger partial charge in [-0.25, -0.2) is 9.78 Å². The number of fused-ring (bicyclic) bond motifs is 1. The Morgan fingerprint density at radius 2 is 2.22 bits per heavy atom. The van der Waals surface area contributed by atoms with E-state index < -0.39 is 0 Å². The molecule has 1 aliphatic heterocycles. The minimum Gasteiger partial charge on any atom is -0.377 e. The van der Waals surface area contributed by atoms with E-state index in [1.54, 1.807) is 22.0 Å². The number of hydrogen-bond acceptors (Lipinski definition) is 5. The van der Waals surface area contributed by atoms with Crippen molar-refractivity contribution < 1.29 is 9.53 Å². The van der Waals surface area contributed by atoms with Crippen LogP contribution in [0, 0.1) is 6.92 Å². The van der Waals surface area contributed by atoms with Gasteiger partial charge in [0, 0.05) is 29.2 Å². The van der Waals surface area contributed by atoms with Gasteiger partial charge in [-0.2, -0.15) is 0 Å². The van der Waals surface area contributed by atoms with E-state index in [0.29, 0.717) is 36.9 Å². The largest absolute Gasteiger partial charge is 0.377 e. The number of thiazole rings is 1. The van der Waals surface area contributed by atoms with Crippen molar-refractivity contribution in [3.05, 3.63) is 50.3 Å². The molecular weight excluding hydrogens is 364 g/mol. The molecule has 1 N–H and O–H groups in total. The van der Waals surface area contributed by atoms with Gasteiger partial charge in [0.25, 0.3) is 5.91 Å². The van der Waals surface area contributed by atoms with Gasteiger partial charge < -0.3 is 14.6 Å². The Labute approximate surface area is 159 Å². The first kappa shape index (κ1) is 16.7. The number of carbonyl (C=O) groups excluding carboxylic acids is 1. The van der Waals surface area contributed by atoms with Crippen molar-refractivity contribution in [3.63, 3.8) is 0 Å². The molecule has 1 aliphatic carbocycles. The Bertz CT molecular complexity index is 1080. The summed E-state index contributed by atoms with van der Waals surface area (Å²) in [4.78, 5) is 34.7. The zero-order chi connectivity index (χ0) is 18.5. The molecule has 1 amide bonds. The molecule has 140 valence electrons. The molecule has 3 heterocycles. The van der Waals surface area contributed by atoms with Crippen LogP contribution in [0.1, 0.15) is 46.0 Å². The molecule has 5 rings (SSSR count). The summed E-state index contributed by atoms with van der Waals surface area (Å²) in [7, 11) is 0. The third-order valence-corrected chi connectivity index (χ3v) is 6.25. The van der Waals surface area contributed by atoms with Crippen LogP contribution >= 0.6 is 11.3 Å². The number of aryl methyl sites for hydroxylation is 1. The van der Waals surface area contributed by atoms with Crippen LogP contribution in [-0.2, 0) is 4.74 Å². The lowest BCUT2D eigenvalue weighted by atomic mass is 10.1. The van der Waals surface area contributed by atoms with E-state index in [1.807, 2.05) is 29.3 Å². The molecule has 1 aromatic carbocycles. The fraction of sp³-hybridized carbons (Fsp3) is 0.421. The second-order valence-electron chi connectivity index (χ2n) is 7.18. The summed E-state index contributed by atoms with van der Waals surface area (Å²) in [5.74, 6) is -0.0573. The quantitative estimate of drug-likeness (QED) is 0.753. The van der Waals surface area contributed by atoms with Crippen molar-refractivity contribution in [1.29, 1.82) is 0 Å². The smallest absolute Gasteiger partial charge is 0.326 e. The van der Waals surface area contributed by atoms with Gasteiger partial charge in [0.05, 0.1) is 24.2 Å². The van der Waals surface area contributed by atoms with Crippen molar-refractivity contribution in [1.82, 2.24) is 19.4 Å². The molecule has 2 aromatic heterocycles. The van der Waals surface area contributed by atoms with E-state index >= 15 is 0 Å². The topological polar surface area (TPSA) is 80.2 Å². The molecule has 3 aromatic rings. The third-order valence-electron chi connectivity index (χ3n) is 5.19. The molecule has 2 aliphatic rings. The number of hydrogen-bond donors (Lipinski definition) is 1. The van der Waals surface area contributed by atoms with E-state index in [2.05, 4.69) is 9.97 Å². The number of aromatic amines is 1. The molecule has 8 heteroatoms. The summed E-state index contributed by atoms with van der Waals surface area (Å²) in [5.41, 5.74) is 3.01. The van der Waals surface area contributed by atoms with E-state index in [-0.39, 0.29) is 17.6 Å². The monoisotopic (exact) mass is 384 g/mol. The number of amides is 1. The Morgan fingerprint density at radius 3 is 2.96 bits per heavy atom. The van der Waals surface area contributed by atoms with Gasteiger partial charge in [0.2, 0.25) is 0 Å². The number of benzene rings is 1. The Kier molecular flexibility index (Phi) is 3.91. The maximum absolute atomic E-state index is 13.2. The molecule has 1 saturated heterocycles. The second-order valence-corrected chi connectivity index (χ2v) is 8.07. The molecule has 0 radical (unpaired) electrons. The molecule has 0 spiro atoms. The highest BCUT2D eigenvalue weighted by atomic mass is 32.1. The molecule has 0 bridgehead atoms. The van der Waals surface area contributed by atoms with Gasteiger partial charge in [0.1, 0.15) is 11.0 Å². The van der Waals surface area contributed by atoms with Gasteiger partial charge in [-0.15, -0.1) is 11.3 Å². The molecule has 27 heavy (non-hydrogen) atoms. The molecule has 7 nitrogen and oxygen atoms in total. The van der Waals surface area contributed by atoms with E-state index in [1.165, 1.54) is 0 Å². The predicted octanol–water partition coefficient (Wildman–Crippen LogP) is 2.64. The van der Waals surface area contributed by atoms with Crippen LogP contribution in [0.4, 0.5) is 0 Å². The van der Waals surface area contributed by atoms with Crippen LogP contribution in [0.2, 0.25) is 0 Å². The summed E-state index contributed by atoms with van der Waals surface area (Å²) >= 11 is 1.55. The zero-order valence-electron chi connectivity index (χ0n) is 15.0. The number of ether oxygens (including phenoxy) is 1. The predicted molar refractivity (Wildman–Crippen MR) is 102 cm³/mol. The van der Waals surface area contributed by atoms with Crippen LogP contribution in [0.15, 0.2) is 28.4 Å². The average molecular weight is 384 g/mol. The lowest BCUT2D eigenvalue weighted by molar-refractivity contribution is -0.00276. The Hall–Kier alpha value is -2.45. The normalized spacial score (nSPS) is 20.3. The fourth-order valence-electron chi connectivity index (χ4n) is 3.70. The van der Waals surface area contributed by atoms with E-state index in [9.17, 15) is 9.59 Å². The standard InChI is InChI=1S/C19H20N4O3S/c1-11-10-27-17(20-11)16-9-26-7-6-22(16)18(24)12-2-5-15-14(8-12)21-19(25)23(15)13-3-4-13/h2,5,8,10,13,16H,3-4,6-7,9H2,1H3,(H,21,25). The number of aromatic nitrogens is 3. The fourth-order valence-corrected chi connectivity index (χ4v) is 4.59. The third kappa shape index (κ3) is 2.89. The van der Waals surface area contributed by atoms with Crippen LogP contribution in [0.3, 0.4) is 0 Å². The van der Waals surface area contributed by atoms with Crippen LogP contribution in [0.25, 0.3) is 11.0 Å². The minimum absolute atomic E-state index is 0.0573. The summed E-state index contributed by atoms with van der Waals surface area (Å²) in [6, 6.07) is 5.61. The first-order valence-electron chi connectivity index (χ1n) is 9.17. The number of nitrogens with zero attached hydrogens (tertiary/aromatic N) is 3. The van der Waals surface area contributed by atoms with Gasteiger partial charge in [-0.3, -0.25) is 9.36 Å². The lowest BCUT2D eigenvalue weighted by Gasteiger charge is -2.34. The minimum atomic E-state index is -0.171. The van der Waals surface area contributed by atoms with Crippen molar-refractivity contribution in [2.75, 3.05) is 19.8 Å². The van der Waals surface area contributed by atoms with Crippen molar-refractivity contribution in [3.8, 4) is 0 Å². The van der Waals surface area contributed by atoms with Gasteiger partial charge in [-0.05, 0) is 38.0 Å². The van der Waals surface area contributed by atoms with E-state index in [0.717, 1.165) is 29.1 Å². The second kappa shape index (κ2) is 6.31. The van der Waals surface area contributed by atoms with Crippen LogP contribution < -0.4 is 5.69 Å². The van der Waals surface area contributed by atoms with Gasteiger partial charge in [-0.1, -0.05) is 0 Å². The SMILES string of the molecule is Cc1csc(C2COCCN2C(=O)c2ccc3c(c2)[nH]c(=O)n3C2CC2)n1. The summed E-state index contributed by atoms with van der Waals surface area (Å²) in [6.45, 7) is 3.45. The summed E-state index contributed by atoms with van der Waals surface area (Å²) < 4.78 is 7.41. The molecular formula is C19H20N4O3S. The average Bonchev–Trinajstić information content (AvgIpc) is 3.32. The molecule has 1 unspecified atom stereocenters. The van der Waals surface area contributed by atoms with Crippen molar-refractivity contribution >= 4 is 28.3 Å². The summed E-state index contributed by atoms with van der Waals surface area (Å²) in [5, 5.41) is 2.89. The van der Waals surface area contributed by atoms with Crippen molar-refractivity contribution in [2.45, 2.75) is 31.8 Å². The number of rotatable bonds is 3. The summed E-state index contributed by atoms with van der Waals surface area (Å²) in [6.07, 6.45) is 2.08. The number of carbonyl (C=O) groups is 1. The van der Waals surface area contributed by atoms with Gasteiger partial charge in [0.15, 0.2) is 0 Å². The molecule has 1 atom stereocenters. The van der Waals surface area contributed by atoms with E-state index in [4.69, 9.17) is 4.74 Å². The van der Waals surface area contributed by atoms with Gasteiger partial charge >= 0.3 is 5.69 Å². The lowest BCUT2D eigenvalue weighted by Crippen LogP contribution is -2.43. The first-order chi connectivity index (χ1) is 13.1. The Balaban J connectivity index is 1.49. The maximum atomic E-state index is 13.2. The molecule has 1 saturated carbocycles. The zero-order valence-corrected chi connectivity index (χ0v) is 15.8. The number of H-pyrrole nitrogens is 1. The highest BCUT2D eigenvalue weighted by molar-refractivity contribution is 7.09. The molecule has 2 fully saturated rings. The number of nitrogens with one attached hydrogen (secondary N) is 1. The first-order valence-corrected chi connectivity index (χ1v) is 10.0. The highest BCUT2D eigenvalue weighted by Crippen LogP contribution is 2.36. The maximum Gasteiger partial charge on any atom is 0.326 e. The number of morpholine rings is 1. The van der Waals surface area contributed by atoms with Crippen LogP contribution in [0.5, 0.6) is 0 Å². The highest BCUT2D eigenvalue weighted by Gasteiger charge is 2.32. The van der Waals surface area contributed by atoms with Crippen LogP contribution in [-0.4, -0.2) is 45.1 Å².